The third kappa shape index (κ3) is 15.6. The Morgan fingerprint density at radius 2 is 1.43 bits per heavy atom. The number of hydrogen-bond acceptors (Lipinski definition) is 12. The van der Waals surface area contributed by atoms with Crippen molar-refractivity contribution in [2.45, 2.75) is 141 Å². The van der Waals surface area contributed by atoms with E-state index in [1.165, 1.54) is 7.11 Å². The van der Waals surface area contributed by atoms with Crippen LogP contribution < -0.4 is 16.0 Å². The van der Waals surface area contributed by atoms with E-state index >= 15 is 0 Å². The van der Waals surface area contributed by atoms with Crippen LogP contribution in [0.2, 0.25) is 0 Å². The van der Waals surface area contributed by atoms with Crippen molar-refractivity contribution in [1.29, 1.82) is 0 Å². The highest BCUT2D eigenvalue weighted by molar-refractivity contribution is 5.95. The van der Waals surface area contributed by atoms with Crippen molar-refractivity contribution in [2.75, 3.05) is 47.2 Å². The van der Waals surface area contributed by atoms with Crippen LogP contribution in [0.25, 0.3) is 0 Å². The fraction of sp³-hybridized carbons (Fsp3) is 0.889. The second-order valence-electron chi connectivity index (χ2n) is 13.7. The van der Waals surface area contributed by atoms with E-state index in [1.807, 2.05) is 0 Å². The van der Waals surface area contributed by atoms with E-state index < -0.39 is 54.6 Å². The van der Waals surface area contributed by atoms with Gasteiger partial charge in [-0.1, -0.05) is 65.2 Å². The zero-order valence-electron chi connectivity index (χ0n) is 31.3. The molecule has 1 aliphatic carbocycles. The summed E-state index contributed by atoms with van der Waals surface area (Å²) in [4.78, 5) is 52.2. The quantitative estimate of drug-likeness (QED) is 0.0522. The maximum atomic E-state index is 13.5. The summed E-state index contributed by atoms with van der Waals surface area (Å²) in [5.41, 5.74) is 0. The van der Waals surface area contributed by atoms with Gasteiger partial charge in [0.2, 0.25) is 17.7 Å². The van der Waals surface area contributed by atoms with E-state index in [9.17, 15) is 34.5 Å². The van der Waals surface area contributed by atoms with E-state index in [1.54, 1.807) is 14.0 Å². The number of ether oxygens (including phenoxy) is 5. The third-order valence-electron chi connectivity index (χ3n) is 9.63. The molecule has 0 radical (unpaired) electrons. The Morgan fingerprint density at radius 1 is 0.784 bits per heavy atom. The molecule has 0 bridgehead atoms. The van der Waals surface area contributed by atoms with E-state index in [-0.39, 0.29) is 62.5 Å². The van der Waals surface area contributed by atoms with Crippen LogP contribution in [-0.2, 0) is 42.9 Å². The lowest BCUT2D eigenvalue weighted by Gasteiger charge is -2.38. The summed E-state index contributed by atoms with van der Waals surface area (Å²) in [6.07, 6.45) is 3.77. The number of nitrogens with one attached hydrogen (secondary N) is 3. The standard InChI is InChI=1S/C36H65N3O12/c1-6-8-10-12-14-24(22-47-4)38-33(44)28-25(29(28)34(45)39-26(35(46)48-5)15-13-11-9-7-2)16-17-27(40)37-18-19-49-20-21-50-36-32(43)31(42)30(41)23(3)51-36/h23-26,28-32,36,41-43H,6-22H2,1-5H3,(H,37,40)(H,38,44)(H,39,45)/t23-,24?,25?,26-,28+,29+,30-,31+,32+,36+/m0/s1. The predicted octanol–water partition coefficient (Wildman–Crippen LogP) is 1.34. The summed E-state index contributed by atoms with van der Waals surface area (Å²) in [6, 6.07) is -0.996. The maximum absolute atomic E-state index is 13.5. The van der Waals surface area contributed by atoms with Gasteiger partial charge in [-0.15, -0.1) is 0 Å². The van der Waals surface area contributed by atoms with Gasteiger partial charge in [-0.3, -0.25) is 14.4 Å². The highest BCUT2D eigenvalue weighted by Crippen LogP contribution is 2.50. The number of unbranched alkanes of at least 4 members (excludes halogenated alkanes) is 6. The van der Waals surface area contributed by atoms with Crippen LogP contribution in [0.1, 0.15) is 97.8 Å². The molecule has 15 heteroatoms. The highest BCUT2D eigenvalue weighted by Gasteiger charge is 2.58. The van der Waals surface area contributed by atoms with Crippen molar-refractivity contribution in [3.8, 4) is 0 Å². The molecule has 1 heterocycles. The van der Waals surface area contributed by atoms with Crippen LogP contribution in [0.4, 0.5) is 0 Å². The third-order valence-corrected chi connectivity index (χ3v) is 9.63. The van der Waals surface area contributed by atoms with Crippen molar-refractivity contribution in [3.05, 3.63) is 0 Å². The number of carbonyl (C=O) groups excluding carboxylic acids is 4. The van der Waals surface area contributed by atoms with Crippen LogP contribution in [0.15, 0.2) is 0 Å². The Balaban J connectivity index is 1.88. The first-order valence-electron chi connectivity index (χ1n) is 18.8. The molecule has 0 aromatic rings. The number of aliphatic hydroxyl groups excluding tert-OH is 3. The zero-order valence-corrected chi connectivity index (χ0v) is 31.3. The largest absolute Gasteiger partial charge is 0.467 e. The fourth-order valence-electron chi connectivity index (χ4n) is 6.52. The summed E-state index contributed by atoms with van der Waals surface area (Å²) in [7, 11) is 2.87. The molecule has 2 unspecified atom stereocenters. The lowest BCUT2D eigenvalue weighted by Crippen LogP contribution is -2.57. The second-order valence-corrected chi connectivity index (χ2v) is 13.7. The Hall–Kier alpha value is -2.40. The van der Waals surface area contributed by atoms with E-state index in [0.717, 1.165) is 57.8 Å². The minimum atomic E-state index is -1.40. The number of rotatable bonds is 27. The first-order valence-corrected chi connectivity index (χ1v) is 18.8. The SMILES string of the molecule is CCCCCCC(COC)NC(=O)[C@@H]1C(CCC(=O)NCCOCCO[C@@H]2O[C@@H](C)[C@H](O)[C@@H](O)[C@H]2O)[C@H]1C(=O)N[C@@H](CCCCCC)C(=O)OC. The van der Waals surface area contributed by atoms with Crippen molar-refractivity contribution in [2.24, 2.45) is 17.8 Å². The van der Waals surface area contributed by atoms with Crippen LogP contribution in [0.3, 0.4) is 0 Å². The molecule has 0 spiro atoms. The molecule has 1 saturated heterocycles. The summed E-state index contributed by atoms with van der Waals surface area (Å²) in [6.45, 7) is 6.75. The Morgan fingerprint density at radius 3 is 2.06 bits per heavy atom. The summed E-state index contributed by atoms with van der Waals surface area (Å²) in [5, 5.41) is 38.4. The molecule has 10 atom stereocenters. The summed E-state index contributed by atoms with van der Waals surface area (Å²) >= 11 is 0. The smallest absolute Gasteiger partial charge is 0.328 e. The van der Waals surface area contributed by atoms with Crippen LogP contribution in [0, 0.1) is 17.8 Å². The van der Waals surface area contributed by atoms with Crippen molar-refractivity contribution < 1.29 is 58.2 Å². The van der Waals surface area contributed by atoms with Gasteiger partial charge >= 0.3 is 5.97 Å². The molecular formula is C36H65N3O12. The number of methoxy groups -OCH3 is 2. The molecule has 6 N–H and O–H groups in total. The molecule has 296 valence electrons. The second kappa shape index (κ2) is 24.8. The Bertz CT molecular complexity index is 1040. The predicted molar refractivity (Wildman–Crippen MR) is 187 cm³/mol. The summed E-state index contributed by atoms with van der Waals surface area (Å²) in [5.74, 6) is -3.09. The maximum Gasteiger partial charge on any atom is 0.328 e. The van der Waals surface area contributed by atoms with E-state index in [0.29, 0.717) is 19.4 Å². The number of aliphatic hydroxyl groups is 3. The van der Waals surface area contributed by atoms with Crippen LogP contribution in [-0.4, -0.2) is 129 Å². The number of amides is 3. The lowest BCUT2D eigenvalue weighted by atomic mass is 10.0. The van der Waals surface area contributed by atoms with Gasteiger partial charge in [-0.25, -0.2) is 4.79 Å². The molecule has 51 heavy (non-hydrogen) atoms. The number of hydrogen-bond donors (Lipinski definition) is 6. The van der Waals surface area contributed by atoms with Gasteiger partial charge in [0.25, 0.3) is 0 Å². The Labute approximate surface area is 303 Å². The average Bonchev–Trinajstić information content (AvgIpc) is 3.85. The van der Waals surface area contributed by atoms with E-state index in [4.69, 9.17) is 23.7 Å². The van der Waals surface area contributed by atoms with Crippen molar-refractivity contribution in [1.82, 2.24) is 16.0 Å². The zero-order chi connectivity index (χ0) is 37.8. The monoisotopic (exact) mass is 731 g/mol. The van der Waals surface area contributed by atoms with E-state index in [2.05, 4.69) is 29.8 Å². The van der Waals surface area contributed by atoms with Crippen LogP contribution >= 0.6 is 0 Å². The molecule has 1 saturated carbocycles. The first kappa shape index (κ1) is 44.8. The minimum absolute atomic E-state index is 0.0549. The van der Waals surface area contributed by atoms with Gasteiger partial charge in [0.15, 0.2) is 6.29 Å². The minimum Gasteiger partial charge on any atom is -0.467 e. The number of carbonyl (C=O) groups is 4. The topological polar surface area (TPSA) is 211 Å². The van der Waals surface area contributed by atoms with Gasteiger partial charge in [0.1, 0.15) is 24.4 Å². The van der Waals surface area contributed by atoms with Gasteiger partial charge in [-0.2, -0.15) is 0 Å². The summed E-state index contributed by atoms with van der Waals surface area (Å²) < 4.78 is 26.6. The molecule has 2 fully saturated rings. The molecule has 0 aromatic carbocycles. The van der Waals surface area contributed by atoms with Gasteiger partial charge < -0.3 is 55.0 Å². The van der Waals surface area contributed by atoms with Crippen molar-refractivity contribution in [3.63, 3.8) is 0 Å². The highest BCUT2D eigenvalue weighted by atomic mass is 16.7. The van der Waals surface area contributed by atoms with Gasteiger partial charge in [0.05, 0.1) is 57.5 Å². The number of esters is 1. The molecule has 3 amide bonds. The molecular weight excluding hydrogens is 666 g/mol. The fourth-order valence-corrected chi connectivity index (χ4v) is 6.52. The Kier molecular flexibility index (Phi) is 21.7. The molecule has 2 aliphatic rings. The van der Waals surface area contributed by atoms with Crippen LogP contribution in [0.5, 0.6) is 0 Å². The lowest BCUT2D eigenvalue weighted by molar-refractivity contribution is -0.294. The molecule has 1 aliphatic heterocycles. The van der Waals surface area contributed by atoms with Crippen molar-refractivity contribution >= 4 is 23.7 Å². The molecule has 15 nitrogen and oxygen atoms in total. The molecule has 0 aromatic heterocycles. The average molecular weight is 732 g/mol. The van der Waals surface area contributed by atoms with Gasteiger partial charge in [-0.05, 0) is 32.1 Å². The molecule has 2 rings (SSSR count). The normalized spacial score (nSPS) is 26.9. The first-order chi connectivity index (χ1) is 24.5. The van der Waals surface area contributed by atoms with Gasteiger partial charge in [0, 0.05) is 20.1 Å².